The molecule has 3 aromatic rings. The molecule has 0 radical (unpaired) electrons. The number of anilines is 5. The molecule has 0 saturated carbocycles. The van der Waals surface area contributed by atoms with Crippen molar-refractivity contribution in [1.29, 1.82) is 0 Å². The van der Waals surface area contributed by atoms with Crippen molar-refractivity contribution in [2.45, 2.75) is 0 Å². The molecule has 0 spiro atoms. The largest absolute Gasteiger partial charge is 0.371 e. The summed E-state index contributed by atoms with van der Waals surface area (Å²) in [6.07, 6.45) is 1.55. The third kappa shape index (κ3) is 4.13. The molecule has 2 unspecified atom stereocenters. The lowest BCUT2D eigenvalue weighted by Gasteiger charge is -2.35. The highest BCUT2D eigenvalue weighted by molar-refractivity contribution is 6.40. The number of fused-ring (bicyclic) bond motifs is 2. The minimum Gasteiger partial charge on any atom is -0.371 e. The van der Waals surface area contributed by atoms with Crippen molar-refractivity contribution in [3.8, 4) is 0 Å². The van der Waals surface area contributed by atoms with E-state index in [9.17, 15) is 4.79 Å². The third-order valence-electron chi connectivity index (χ3n) is 7.32. The number of benzene rings is 2. The van der Waals surface area contributed by atoms with Crippen molar-refractivity contribution in [2.75, 3.05) is 67.0 Å². The summed E-state index contributed by atoms with van der Waals surface area (Å²) >= 11 is 12.7. The number of rotatable bonds is 4. The summed E-state index contributed by atoms with van der Waals surface area (Å²) in [6, 6.07) is 13.6. The minimum atomic E-state index is -0.240. The van der Waals surface area contributed by atoms with Crippen LogP contribution in [-0.2, 0) is 0 Å². The van der Waals surface area contributed by atoms with E-state index >= 15 is 0 Å². The van der Waals surface area contributed by atoms with E-state index < -0.39 is 0 Å². The number of nitrogens with zero attached hydrogens (tertiary/aromatic N) is 6. The summed E-state index contributed by atoms with van der Waals surface area (Å²) in [7, 11) is 4.09. The third-order valence-corrected chi connectivity index (χ3v) is 7.93. The molecule has 2 atom stereocenters. The van der Waals surface area contributed by atoms with Gasteiger partial charge in [0.05, 0.1) is 22.4 Å². The quantitative estimate of drug-likeness (QED) is 0.536. The molecule has 0 bridgehead atoms. The molecule has 3 aliphatic rings. The Hall–Kier alpha value is -3.07. The number of carbonyl (C=O) groups excluding carboxylic acids is 1. The number of hydrogen-bond acceptors (Lipinski definition) is 7. The van der Waals surface area contributed by atoms with Gasteiger partial charge in [-0.15, -0.1) is 0 Å². The lowest BCUT2D eigenvalue weighted by Crippen LogP contribution is -2.46. The van der Waals surface area contributed by atoms with Crippen LogP contribution in [0, 0.1) is 11.8 Å². The number of halogens is 2. The van der Waals surface area contributed by atoms with Crippen LogP contribution in [0.25, 0.3) is 0 Å². The molecule has 3 aliphatic heterocycles. The second-order valence-electron chi connectivity index (χ2n) is 9.89. The van der Waals surface area contributed by atoms with Gasteiger partial charge in [-0.1, -0.05) is 29.3 Å². The molecule has 2 saturated heterocycles. The smallest absolute Gasteiger partial charge is 0.265 e. The van der Waals surface area contributed by atoms with E-state index in [-0.39, 0.29) is 12.6 Å². The summed E-state index contributed by atoms with van der Waals surface area (Å²) in [6.45, 7) is 4.89. The Morgan fingerprint density at radius 2 is 1.61 bits per heavy atom. The molecule has 2 fully saturated rings. The van der Waals surface area contributed by atoms with Crippen LogP contribution in [0.2, 0.25) is 10.0 Å². The SMILES string of the molecule is CN1CC2CN(c3ccc(Nc4ncc5c(n4)N(C)CN(c4c(Cl)cccc4Cl)C5=O)cc3)CC2C1. The van der Waals surface area contributed by atoms with Gasteiger partial charge >= 0.3 is 0 Å². The molecule has 10 heteroatoms. The average Bonchev–Trinajstić information content (AvgIpc) is 3.40. The molecule has 1 N–H and O–H groups in total. The molecule has 0 aliphatic carbocycles. The van der Waals surface area contributed by atoms with Crippen molar-refractivity contribution in [2.24, 2.45) is 11.8 Å². The van der Waals surface area contributed by atoms with Crippen molar-refractivity contribution in [3.63, 3.8) is 0 Å². The van der Waals surface area contributed by atoms with Crippen molar-refractivity contribution in [1.82, 2.24) is 14.9 Å². The second kappa shape index (κ2) is 9.10. The van der Waals surface area contributed by atoms with Gasteiger partial charge in [0.1, 0.15) is 11.4 Å². The Balaban J connectivity index is 1.18. The van der Waals surface area contributed by atoms with Crippen LogP contribution in [0.1, 0.15) is 10.4 Å². The maximum absolute atomic E-state index is 13.3. The highest BCUT2D eigenvalue weighted by Crippen LogP contribution is 2.38. The van der Waals surface area contributed by atoms with Gasteiger partial charge in [-0.25, -0.2) is 4.98 Å². The number of aromatic nitrogens is 2. The lowest BCUT2D eigenvalue weighted by molar-refractivity contribution is 0.0982. The fourth-order valence-corrected chi connectivity index (χ4v) is 6.21. The summed E-state index contributed by atoms with van der Waals surface area (Å²) < 4.78 is 0. The first-order valence-corrected chi connectivity index (χ1v) is 12.8. The van der Waals surface area contributed by atoms with Crippen molar-refractivity contribution >= 4 is 57.9 Å². The van der Waals surface area contributed by atoms with Gasteiger partial charge in [-0.2, -0.15) is 4.98 Å². The van der Waals surface area contributed by atoms with E-state index in [0.29, 0.717) is 33.1 Å². The normalized spacial score (nSPS) is 21.7. The predicted octanol–water partition coefficient (Wildman–Crippen LogP) is 4.58. The monoisotopic (exact) mass is 523 g/mol. The number of hydrogen-bond donors (Lipinski definition) is 1. The van der Waals surface area contributed by atoms with Gasteiger partial charge in [0.25, 0.3) is 5.91 Å². The van der Waals surface area contributed by atoms with E-state index in [1.54, 1.807) is 29.3 Å². The molecular weight excluding hydrogens is 497 g/mol. The van der Waals surface area contributed by atoms with Gasteiger partial charge in [0, 0.05) is 50.8 Å². The van der Waals surface area contributed by atoms with Gasteiger partial charge in [-0.05, 0) is 55.3 Å². The molecule has 186 valence electrons. The van der Waals surface area contributed by atoms with Crippen LogP contribution in [-0.4, -0.2) is 67.7 Å². The van der Waals surface area contributed by atoms with Crippen molar-refractivity contribution < 1.29 is 4.79 Å². The zero-order valence-electron chi connectivity index (χ0n) is 20.2. The van der Waals surface area contributed by atoms with Crippen molar-refractivity contribution in [3.05, 3.63) is 64.3 Å². The Bertz CT molecular complexity index is 1280. The molecule has 1 aromatic heterocycles. The van der Waals surface area contributed by atoms with Gasteiger partial charge in [0.2, 0.25) is 5.95 Å². The van der Waals surface area contributed by atoms with Crippen LogP contribution < -0.4 is 20.0 Å². The average molecular weight is 524 g/mol. The molecule has 36 heavy (non-hydrogen) atoms. The predicted molar refractivity (Wildman–Crippen MR) is 145 cm³/mol. The van der Waals surface area contributed by atoms with Gasteiger partial charge in [0.15, 0.2) is 0 Å². The lowest BCUT2D eigenvalue weighted by atomic mass is 10.0. The number of carbonyl (C=O) groups is 1. The first kappa shape index (κ1) is 23.3. The van der Waals surface area contributed by atoms with Crippen LogP contribution in [0.3, 0.4) is 0 Å². The van der Waals surface area contributed by atoms with E-state index in [2.05, 4.69) is 44.3 Å². The topological polar surface area (TPSA) is 67.8 Å². The zero-order chi connectivity index (χ0) is 25.0. The van der Waals surface area contributed by atoms with E-state index in [4.69, 9.17) is 23.2 Å². The molecule has 1 amide bonds. The molecule has 2 aromatic carbocycles. The molecule has 6 rings (SSSR count). The minimum absolute atomic E-state index is 0.240. The highest BCUT2D eigenvalue weighted by Gasteiger charge is 2.38. The fraction of sp³-hybridized carbons (Fsp3) is 0.346. The first-order valence-electron chi connectivity index (χ1n) is 12.0. The van der Waals surface area contributed by atoms with Crippen LogP contribution in [0.5, 0.6) is 0 Å². The van der Waals surface area contributed by atoms with Gasteiger partial charge < -0.3 is 20.0 Å². The number of nitrogens with one attached hydrogen (secondary N) is 1. The Labute approximate surface area is 220 Å². The first-order chi connectivity index (χ1) is 17.4. The summed E-state index contributed by atoms with van der Waals surface area (Å²) in [4.78, 5) is 30.7. The molecule has 8 nitrogen and oxygen atoms in total. The van der Waals surface area contributed by atoms with Crippen LogP contribution in [0.4, 0.5) is 28.8 Å². The van der Waals surface area contributed by atoms with Crippen LogP contribution >= 0.6 is 23.2 Å². The fourth-order valence-electron chi connectivity index (χ4n) is 5.61. The standard InChI is InChI=1S/C26H27Cl2N7O/c1-32-11-16-13-34(14-17(16)12-32)19-8-6-18(7-9-19)30-26-29-10-20-24(31-26)33(2)15-35(25(20)36)23-21(27)4-3-5-22(23)28/h3-10,16-17H,11-15H2,1-2H3,(H,29,30,31). The van der Waals surface area contributed by atoms with E-state index in [1.807, 2.05) is 24.1 Å². The Morgan fingerprint density at radius 3 is 2.28 bits per heavy atom. The van der Waals surface area contributed by atoms with E-state index in [0.717, 1.165) is 30.6 Å². The second-order valence-corrected chi connectivity index (χ2v) is 10.7. The Kier molecular flexibility index (Phi) is 5.90. The number of para-hydroxylation sites is 1. The number of amides is 1. The highest BCUT2D eigenvalue weighted by atomic mass is 35.5. The zero-order valence-corrected chi connectivity index (χ0v) is 21.7. The molecule has 4 heterocycles. The maximum Gasteiger partial charge on any atom is 0.265 e. The van der Waals surface area contributed by atoms with Gasteiger partial charge in [-0.3, -0.25) is 9.69 Å². The van der Waals surface area contributed by atoms with E-state index in [1.165, 1.54) is 18.8 Å². The Morgan fingerprint density at radius 1 is 0.944 bits per heavy atom. The van der Waals surface area contributed by atoms with Crippen LogP contribution in [0.15, 0.2) is 48.7 Å². The molecular formula is C26H27Cl2N7O. The summed E-state index contributed by atoms with van der Waals surface area (Å²) in [5.41, 5.74) is 3.02. The number of likely N-dealkylation sites (tertiary alicyclic amines) is 1. The summed E-state index contributed by atoms with van der Waals surface area (Å²) in [5, 5.41) is 4.11. The maximum atomic E-state index is 13.3. The summed E-state index contributed by atoms with van der Waals surface area (Å²) in [5.74, 6) is 2.28.